The van der Waals surface area contributed by atoms with Gasteiger partial charge in [-0.25, -0.2) is 0 Å². The molecule has 1 atom stereocenters. The third-order valence-corrected chi connectivity index (χ3v) is 5.87. The van der Waals surface area contributed by atoms with Crippen molar-refractivity contribution in [3.8, 4) is 0 Å². The van der Waals surface area contributed by atoms with Crippen molar-refractivity contribution >= 4 is 5.69 Å². The molecule has 2 nitrogen and oxygen atoms in total. The summed E-state index contributed by atoms with van der Waals surface area (Å²) in [6.45, 7) is 0.957. The van der Waals surface area contributed by atoms with Gasteiger partial charge in [0.1, 0.15) is 6.17 Å². The van der Waals surface area contributed by atoms with Gasteiger partial charge >= 0.3 is 0 Å². The smallest absolute Gasteiger partial charge is 0.106 e. The fourth-order valence-electron chi connectivity index (χ4n) is 4.57. The Morgan fingerprint density at radius 1 is 0.720 bits per heavy atom. The first-order valence-electron chi connectivity index (χ1n) is 10.1. The monoisotopic (exact) mass is 334 g/mol. The van der Waals surface area contributed by atoms with Gasteiger partial charge in [0, 0.05) is 18.3 Å². The van der Waals surface area contributed by atoms with E-state index in [1.165, 1.54) is 68.2 Å². The van der Waals surface area contributed by atoms with E-state index in [-0.39, 0.29) is 0 Å². The molecular formula is C23H30N2. The van der Waals surface area contributed by atoms with Gasteiger partial charge in [0.25, 0.3) is 0 Å². The number of hydrogen-bond acceptors (Lipinski definition) is 2. The Hall–Kier alpha value is -1.80. The normalized spacial score (nSPS) is 22.6. The van der Waals surface area contributed by atoms with Crippen LogP contribution in [0.15, 0.2) is 54.6 Å². The predicted molar refractivity (Wildman–Crippen MR) is 106 cm³/mol. The molecule has 0 saturated heterocycles. The zero-order valence-electron chi connectivity index (χ0n) is 15.2. The van der Waals surface area contributed by atoms with Crippen LogP contribution < -0.4 is 10.2 Å². The third-order valence-electron chi connectivity index (χ3n) is 5.87. The number of anilines is 1. The minimum atomic E-state index is 0.293. The number of rotatable bonds is 2. The summed E-state index contributed by atoms with van der Waals surface area (Å²) in [5, 5.41) is 3.82. The lowest BCUT2D eigenvalue weighted by atomic mass is 9.96. The predicted octanol–water partition coefficient (Wildman–Crippen LogP) is 5.80. The number of nitrogens with one attached hydrogen (secondary N) is 1. The fourth-order valence-corrected chi connectivity index (χ4v) is 4.57. The van der Waals surface area contributed by atoms with Gasteiger partial charge in [0.15, 0.2) is 0 Å². The molecule has 1 N–H and O–H groups in total. The first-order chi connectivity index (χ1) is 12.4. The second-order valence-corrected chi connectivity index (χ2v) is 7.58. The highest BCUT2D eigenvalue weighted by molar-refractivity contribution is 5.58. The summed E-state index contributed by atoms with van der Waals surface area (Å²) in [5.74, 6) is 0. The van der Waals surface area contributed by atoms with Crippen LogP contribution in [0.2, 0.25) is 0 Å². The summed E-state index contributed by atoms with van der Waals surface area (Å²) < 4.78 is 0. The maximum Gasteiger partial charge on any atom is 0.106 e. The van der Waals surface area contributed by atoms with E-state index in [4.69, 9.17) is 0 Å². The summed E-state index contributed by atoms with van der Waals surface area (Å²) in [7, 11) is 0. The average molecular weight is 335 g/mol. The summed E-state index contributed by atoms with van der Waals surface area (Å²) in [5.41, 5.74) is 4.27. The first kappa shape index (κ1) is 16.7. The maximum atomic E-state index is 3.82. The van der Waals surface area contributed by atoms with Crippen molar-refractivity contribution in [2.45, 2.75) is 70.1 Å². The summed E-state index contributed by atoms with van der Waals surface area (Å²) in [6, 6.07) is 20.6. The van der Waals surface area contributed by atoms with Crippen molar-refractivity contribution < 1.29 is 0 Å². The van der Waals surface area contributed by atoms with E-state index in [1.54, 1.807) is 0 Å². The van der Waals surface area contributed by atoms with E-state index in [2.05, 4.69) is 64.8 Å². The molecule has 132 valence electrons. The molecule has 0 aromatic heterocycles. The van der Waals surface area contributed by atoms with E-state index in [0.717, 1.165) is 6.54 Å². The minimum Gasteiger partial charge on any atom is -0.349 e. The van der Waals surface area contributed by atoms with E-state index in [9.17, 15) is 0 Å². The van der Waals surface area contributed by atoms with Crippen LogP contribution >= 0.6 is 0 Å². The topological polar surface area (TPSA) is 15.3 Å². The molecule has 1 aliphatic carbocycles. The second-order valence-electron chi connectivity index (χ2n) is 7.58. The molecule has 1 aliphatic heterocycles. The molecule has 1 heterocycles. The molecule has 2 aromatic carbocycles. The van der Waals surface area contributed by atoms with Gasteiger partial charge in [-0.3, -0.25) is 5.32 Å². The molecule has 1 fully saturated rings. The Labute approximate surface area is 152 Å². The molecule has 2 aromatic rings. The molecule has 1 unspecified atom stereocenters. The van der Waals surface area contributed by atoms with Gasteiger partial charge in [0.2, 0.25) is 0 Å². The number of nitrogens with zero attached hydrogens (tertiary/aromatic N) is 1. The molecule has 25 heavy (non-hydrogen) atoms. The van der Waals surface area contributed by atoms with Crippen LogP contribution in [0.25, 0.3) is 0 Å². The highest BCUT2D eigenvalue weighted by Crippen LogP contribution is 2.37. The highest BCUT2D eigenvalue weighted by Gasteiger charge is 2.32. The standard InChI is InChI=1S/C23H30N2/c1-2-4-9-16-21(15-8-3-1)25-22-17-11-10-14-20(22)18-24-23(25)19-12-6-5-7-13-19/h5-7,10-14,17,21,23-24H,1-4,8-9,15-16,18H2. The quantitative estimate of drug-likeness (QED) is 0.747. The largest absolute Gasteiger partial charge is 0.349 e. The van der Waals surface area contributed by atoms with Gasteiger partial charge in [-0.05, 0) is 30.0 Å². The first-order valence-corrected chi connectivity index (χ1v) is 10.1. The Bertz CT molecular complexity index is 657. The van der Waals surface area contributed by atoms with Crippen LogP contribution in [0.3, 0.4) is 0 Å². The van der Waals surface area contributed by atoms with Gasteiger partial charge in [-0.1, -0.05) is 87.1 Å². The van der Waals surface area contributed by atoms with E-state index >= 15 is 0 Å². The van der Waals surface area contributed by atoms with Crippen LogP contribution in [0.4, 0.5) is 5.69 Å². The summed E-state index contributed by atoms with van der Waals surface area (Å²) >= 11 is 0. The van der Waals surface area contributed by atoms with Gasteiger partial charge in [0.05, 0.1) is 0 Å². The Morgan fingerprint density at radius 3 is 2.12 bits per heavy atom. The Morgan fingerprint density at radius 2 is 1.36 bits per heavy atom. The lowest BCUT2D eigenvalue weighted by molar-refractivity contribution is 0.388. The zero-order valence-corrected chi connectivity index (χ0v) is 15.2. The van der Waals surface area contributed by atoms with Crippen LogP contribution in [0.5, 0.6) is 0 Å². The van der Waals surface area contributed by atoms with Crippen LogP contribution in [-0.2, 0) is 6.54 Å². The van der Waals surface area contributed by atoms with E-state index in [1.807, 2.05) is 0 Å². The second kappa shape index (κ2) is 8.05. The minimum absolute atomic E-state index is 0.293. The highest BCUT2D eigenvalue weighted by atomic mass is 15.3. The van der Waals surface area contributed by atoms with Gasteiger partial charge < -0.3 is 4.90 Å². The van der Waals surface area contributed by atoms with Gasteiger partial charge in [-0.15, -0.1) is 0 Å². The number of benzene rings is 2. The number of para-hydroxylation sites is 1. The zero-order chi connectivity index (χ0) is 16.9. The van der Waals surface area contributed by atoms with Crippen molar-refractivity contribution in [3.05, 3.63) is 65.7 Å². The third kappa shape index (κ3) is 3.74. The molecule has 0 spiro atoms. The number of hydrogen-bond donors (Lipinski definition) is 1. The lowest BCUT2D eigenvalue weighted by Gasteiger charge is -2.45. The SMILES string of the molecule is c1ccc(C2NCc3ccccc3N2C2CCCCCCCC2)cc1. The Kier molecular flexibility index (Phi) is 5.37. The lowest BCUT2D eigenvalue weighted by Crippen LogP contribution is -2.48. The Balaban J connectivity index is 1.69. The number of fused-ring (bicyclic) bond motifs is 1. The van der Waals surface area contributed by atoms with Crippen molar-refractivity contribution in [3.63, 3.8) is 0 Å². The van der Waals surface area contributed by atoms with Crippen LogP contribution in [0, 0.1) is 0 Å². The van der Waals surface area contributed by atoms with E-state index in [0.29, 0.717) is 12.2 Å². The molecule has 1 saturated carbocycles. The van der Waals surface area contributed by atoms with Crippen molar-refractivity contribution in [1.29, 1.82) is 0 Å². The van der Waals surface area contributed by atoms with Crippen LogP contribution in [-0.4, -0.2) is 6.04 Å². The molecule has 2 heteroatoms. The van der Waals surface area contributed by atoms with Crippen molar-refractivity contribution in [2.24, 2.45) is 0 Å². The van der Waals surface area contributed by atoms with Crippen LogP contribution in [0.1, 0.15) is 68.7 Å². The molecule has 2 aliphatic rings. The molecule has 0 bridgehead atoms. The van der Waals surface area contributed by atoms with E-state index < -0.39 is 0 Å². The summed E-state index contributed by atoms with van der Waals surface area (Å²) in [6.07, 6.45) is 11.3. The molecule has 4 rings (SSSR count). The molecule has 0 amide bonds. The molecular weight excluding hydrogens is 304 g/mol. The average Bonchev–Trinajstić information content (AvgIpc) is 2.82. The van der Waals surface area contributed by atoms with Gasteiger partial charge in [-0.2, -0.15) is 0 Å². The fraction of sp³-hybridized carbons (Fsp3) is 0.478. The van der Waals surface area contributed by atoms with Crippen molar-refractivity contribution in [2.75, 3.05) is 4.90 Å². The van der Waals surface area contributed by atoms with Crippen molar-refractivity contribution in [1.82, 2.24) is 5.32 Å². The maximum absolute atomic E-state index is 3.82. The summed E-state index contributed by atoms with van der Waals surface area (Å²) in [4.78, 5) is 2.71. The molecule has 0 radical (unpaired) electrons.